The average molecular weight is 274 g/mol. The van der Waals surface area contributed by atoms with E-state index in [0.29, 0.717) is 6.54 Å². The quantitative estimate of drug-likeness (QED) is 0.911. The van der Waals surface area contributed by atoms with Crippen molar-refractivity contribution in [3.05, 3.63) is 39.7 Å². The number of H-pyrrole nitrogens is 1. The molecule has 20 heavy (non-hydrogen) atoms. The van der Waals surface area contributed by atoms with Gasteiger partial charge in [-0.2, -0.15) is 0 Å². The van der Waals surface area contributed by atoms with Crippen LogP contribution in [0.3, 0.4) is 0 Å². The third kappa shape index (κ3) is 2.70. The molecule has 0 atom stereocenters. The molecule has 0 saturated heterocycles. The van der Waals surface area contributed by atoms with E-state index in [1.807, 2.05) is 25.1 Å². The van der Waals surface area contributed by atoms with Crippen molar-refractivity contribution in [1.29, 1.82) is 0 Å². The number of aromatic nitrogens is 1. The van der Waals surface area contributed by atoms with Gasteiger partial charge in [0.15, 0.2) is 5.43 Å². The summed E-state index contributed by atoms with van der Waals surface area (Å²) < 4.78 is 5.20. The van der Waals surface area contributed by atoms with Gasteiger partial charge in [0, 0.05) is 29.3 Å². The van der Waals surface area contributed by atoms with E-state index < -0.39 is 0 Å². The molecule has 0 radical (unpaired) electrons. The predicted molar refractivity (Wildman–Crippen MR) is 82.5 cm³/mol. The Kier molecular flexibility index (Phi) is 4.45. The second-order valence-electron chi connectivity index (χ2n) is 4.93. The zero-order chi connectivity index (χ0) is 14.7. The Morgan fingerprint density at radius 2 is 1.95 bits per heavy atom. The van der Waals surface area contributed by atoms with Crippen LogP contribution in [0, 0.1) is 6.92 Å². The topological polar surface area (TPSA) is 45.3 Å². The number of hydrogen-bond donors (Lipinski definition) is 1. The lowest BCUT2D eigenvalue weighted by Gasteiger charge is -2.19. The van der Waals surface area contributed by atoms with Crippen LogP contribution in [0.5, 0.6) is 5.75 Å². The number of rotatable bonds is 5. The molecule has 0 bridgehead atoms. The van der Waals surface area contributed by atoms with Gasteiger partial charge in [-0.1, -0.05) is 13.8 Å². The van der Waals surface area contributed by atoms with Crippen LogP contribution in [0.1, 0.15) is 25.1 Å². The summed E-state index contributed by atoms with van der Waals surface area (Å²) in [5.41, 5.74) is 2.73. The fourth-order valence-corrected chi connectivity index (χ4v) is 2.42. The summed E-state index contributed by atoms with van der Waals surface area (Å²) in [7, 11) is 1.63. The molecule has 108 valence electrons. The average Bonchev–Trinajstić information content (AvgIpc) is 2.46. The number of ether oxygens (including phenoxy) is 1. The lowest BCUT2D eigenvalue weighted by Crippen LogP contribution is -2.27. The molecule has 0 amide bonds. The Balaban J connectivity index is 2.54. The summed E-state index contributed by atoms with van der Waals surface area (Å²) in [6.45, 7) is 8.75. The molecule has 0 aliphatic carbocycles. The first kappa shape index (κ1) is 14.6. The van der Waals surface area contributed by atoms with E-state index in [-0.39, 0.29) is 5.43 Å². The fraction of sp³-hybridized carbons (Fsp3) is 0.438. The van der Waals surface area contributed by atoms with Crippen molar-refractivity contribution in [2.45, 2.75) is 27.3 Å². The lowest BCUT2D eigenvalue weighted by molar-refractivity contribution is 0.294. The molecule has 0 unspecified atom stereocenters. The van der Waals surface area contributed by atoms with Crippen LogP contribution in [0.15, 0.2) is 23.0 Å². The molecule has 0 fully saturated rings. The van der Waals surface area contributed by atoms with Crippen molar-refractivity contribution >= 4 is 10.9 Å². The summed E-state index contributed by atoms with van der Waals surface area (Å²) in [5.74, 6) is 0.754. The summed E-state index contributed by atoms with van der Waals surface area (Å²) in [6.07, 6.45) is 0. The number of fused-ring (bicyclic) bond motifs is 1. The minimum absolute atomic E-state index is 0.116. The van der Waals surface area contributed by atoms with Crippen molar-refractivity contribution in [3.8, 4) is 5.75 Å². The molecule has 0 aliphatic heterocycles. The number of pyridine rings is 1. The second-order valence-corrected chi connectivity index (χ2v) is 4.93. The van der Waals surface area contributed by atoms with Gasteiger partial charge >= 0.3 is 0 Å². The zero-order valence-electron chi connectivity index (χ0n) is 12.6. The maximum absolute atomic E-state index is 12.6. The Labute approximate surface area is 119 Å². The van der Waals surface area contributed by atoms with Crippen LogP contribution in [0.4, 0.5) is 0 Å². The molecule has 2 aromatic rings. The third-order valence-corrected chi connectivity index (χ3v) is 3.80. The van der Waals surface area contributed by atoms with Crippen LogP contribution in [-0.2, 0) is 6.54 Å². The minimum Gasteiger partial charge on any atom is -0.497 e. The standard InChI is InChI=1S/C16H22N2O2/c1-5-18(6-2)10-14-11(3)17-15-9-12(20-4)7-8-13(15)16(14)19/h7-9H,5-6,10H2,1-4H3,(H,17,19). The van der Waals surface area contributed by atoms with E-state index in [1.165, 1.54) is 0 Å². The molecular weight excluding hydrogens is 252 g/mol. The normalized spacial score (nSPS) is 11.2. The SMILES string of the molecule is CCN(CC)Cc1c(C)[nH]c2cc(OC)ccc2c1=O. The molecule has 1 N–H and O–H groups in total. The molecule has 2 rings (SSSR count). The van der Waals surface area contributed by atoms with E-state index in [4.69, 9.17) is 4.74 Å². The number of nitrogens with zero attached hydrogens (tertiary/aromatic N) is 1. The van der Waals surface area contributed by atoms with Gasteiger partial charge in [-0.05, 0) is 32.1 Å². The lowest BCUT2D eigenvalue weighted by atomic mass is 10.1. The predicted octanol–water partition coefficient (Wildman–Crippen LogP) is 2.69. The van der Waals surface area contributed by atoms with Gasteiger partial charge in [0.2, 0.25) is 0 Å². The van der Waals surface area contributed by atoms with Gasteiger partial charge in [0.25, 0.3) is 0 Å². The number of aromatic amines is 1. The monoisotopic (exact) mass is 274 g/mol. The molecule has 1 aromatic heterocycles. The Morgan fingerprint density at radius 1 is 1.25 bits per heavy atom. The van der Waals surface area contributed by atoms with Gasteiger partial charge in [-0.3, -0.25) is 9.69 Å². The number of hydrogen-bond acceptors (Lipinski definition) is 3. The van der Waals surface area contributed by atoms with Crippen LogP contribution in [-0.4, -0.2) is 30.1 Å². The van der Waals surface area contributed by atoms with E-state index in [9.17, 15) is 4.79 Å². The highest BCUT2D eigenvalue weighted by atomic mass is 16.5. The first-order valence-electron chi connectivity index (χ1n) is 7.02. The summed E-state index contributed by atoms with van der Waals surface area (Å²) in [6, 6.07) is 5.52. The maximum Gasteiger partial charge on any atom is 0.194 e. The van der Waals surface area contributed by atoms with E-state index in [2.05, 4.69) is 23.7 Å². The molecule has 1 heterocycles. The number of aryl methyl sites for hydroxylation is 1. The molecule has 0 aliphatic rings. The van der Waals surface area contributed by atoms with Crippen LogP contribution < -0.4 is 10.2 Å². The first-order chi connectivity index (χ1) is 9.60. The number of benzene rings is 1. The molecule has 1 aromatic carbocycles. The molecule has 4 nitrogen and oxygen atoms in total. The highest BCUT2D eigenvalue weighted by Crippen LogP contribution is 2.18. The Morgan fingerprint density at radius 3 is 2.55 bits per heavy atom. The number of nitrogens with one attached hydrogen (secondary N) is 1. The van der Waals surface area contributed by atoms with Gasteiger partial charge in [0.1, 0.15) is 5.75 Å². The minimum atomic E-state index is 0.116. The Bertz CT molecular complexity index is 657. The van der Waals surface area contributed by atoms with E-state index in [1.54, 1.807) is 7.11 Å². The van der Waals surface area contributed by atoms with Crippen molar-refractivity contribution in [1.82, 2.24) is 9.88 Å². The summed E-state index contributed by atoms with van der Waals surface area (Å²) >= 11 is 0. The summed E-state index contributed by atoms with van der Waals surface area (Å²) in [4.78, 5) is 18.2. The maximum atomic E-state index is 12.6. The largest absolute Gasteiger partial charge is 0.497 e. The van der Waals surface area contributed by atoms with Gasteiger partial charge in [-0.15, -0.1) is 0 Å². The van der Waals surface area contributed by atoms with Gasteiger partial charge in [0.05, 0.1) is 12.6 Å². The molecular formula is C16H22N2O2. The smallest absolute Gasteiger partial charge is 0.194 e. The van der Waals surface area contributed by atoms with Crippen LogP contribution >= 0.6 is 0 Å². The zero-order valence-corrected chi connectivity index (χ0v) is 12.6. The van der Waals surface area contributed by atoms with E-state index >= 15 is 0 Å². The van der Waals surface area contributed by atoms with Gasteiger partial charge < -0.3 is 9.72 Å². The fourth-order valence-electron chi connectivity index (χ4n) is 2.42. The molecule has 4 heteroatoms. The van der Waals surface area contributed by atoms with E-state index in [0.717, 1.165) is 41.0 Å². The first-order valence-corrected chi connectivity index (χ1v) is 7.02. The van der Waals surface area contributed by atoms with Crippen molar-refractivity contribution in [3.63, 3.8) is 0 Å². The van der Waals surface area contributed by atoms with Crippen molar-refractivity contribution in [2.75, 3.05) is 20.2 Å². The summed E-state index contributed by atoms with van der Waals surface area (Å²) in [5, 5.41) is 0.721. The van der Waals surface area contributed by atoms with Crippen molar-refractivity contribution in [2.24, 2.45) is 0 Å². The van der Waals surface area contributed by atoms with Crippen molar-refractivity contribution < 1.29 is 4.74 Å². The highest BCUT2D eigenvalue weighted by molar-refractivity contribution is 5.80. The molecule has 0 spiro atoms. The Hall–Kier alpha value is -1.81. The third-order valence-electron chi connectivity index (χ3n) is 3.80. The highest BCUT2D eigenvalue weighted by Gasteiger charge is 2.12. The van der Waals surface area contributed by atoms with Crippen LogP contribution in [0.2, 0.25) is 0 Å². The second kappa shape index (κ2) is 6.09. The molecule has 0 saturated carbocycles. The van der Waals surface area contributed by atoms with Crippen LogP contribution in [0.25, 0.3) is 10.9 Å². The van der Waals surface area contributed by atoms with Gasteiger partial charge in [-0.25, -0.2) is 0 Å². The number of methoxy groups -OCH3 is 1.